The van der Waals surface area contributed by atoms with Gasteiger partial charge in [0, 0.05) is 18.3 Å². The van der Waals surface area contributed by atoms with Gasteiger partial charge in [-0.2, -0.15) is 11.3 Å². The molecule has 0 saturated carbocycles. The number of nitrogens with zero attached hydrogens (tertiary/aromatic N) is 1. The van der Waals surface area contributed by atoms with Crippen molar-refractivity contribution in [2.45, 2.75) is 31.7 Å². The fourth-order valence-electron chi connectivity index (χ4n) is 3.39. The average molecular weight is 374 g/mol. The number of carbonyl (C=O) groups excluding carboxylic acids is 1. The van der Waals surface area contributed by atoms with Crippen LogP contribution >= 0.6 is 11.3 Å². The summed E-state index contributed by atoms with van der Waals surface area (Å²) in [4.78, 5) is 14.9. The molecule has 2 aromatic rings. The zero-order chi connectivity index (χ0) is 18.2. The molecule has 1 atom stereocenters. The maximum atomic E-state index is 12.4. The van der Waals surface area contributed by atoms with E-state index < -0.39 is 0 Å². The molecule has 26 heavy (non-hydrogen) atoms. The molecule has 1 saturated heterocycles. The van der Waals surface area contributed by atoms with Gasteiger partial charge in [0.1, 0.15) is 5.75 Å². The van der Waals surface area contributed by atoms with E-state index in [1.807, 2.05) is 24.3 Å². The number of carbonyl (C=O) groups is 1. The number of thiophene rings is 1. The lowest BCUT2D eigenvalue weighted by molar-refractivity contribution is 0.199. The topological polar surface area (TPSA) is 53.6 Å². The van der Waals surface area contributed by atoms with Crippen LogP contribution in [-0.4, -0.2) is 37.7 Å². The highest BCUT2D eigenvalue weighted by atomic mass is 32.1. The van der Waals surface area contributed by atoms with Crippen molar-refractivity contribution in [3.8, 4) is 5.75 Å². The van der Waals surface area contributed by atoms with Crippen LogP contribution in [0.5, 0.6) is 5.75 Å². The van der Waals surface area contributed by atoms with E-state index in [1.165, 1.54) is 31.2 Å². The number of amides is 2. The van der Waals surface area contributed by atoms with Crippen LogP contribution in [0.1, 0.15) is 37.3 Å². The van der Waals surface area contributed by atoms with E-state index in [1.54, 1.807) is 18.4 Å². The lowest BCUT2D eigenvalue weighted by Gasteiger charge is -2.30. The van der Waals surface area contributed by atoms with Gasteiger partial charge in [-0.3, -0.25) is 4.90 Å². The monoisotopic (exact) mass is 373 g/mol. The number of nitrogens with one attached hydrogen (secondary N) is 2. The van der Waals surface area contributed by atoms with Crippen LogP contribution in [0.15, 0.2) is 41.1 Å². The van der Waals surface area contributed by atoms with Crippen LogP contribution in [0.25, 0.3) is 0 Å². The number of anilines is 1. The lowest BCUT2D eigenvalue weighted by atomic mass is 10.1. The second-order valence-corrected chi connectivity index (χ2v) is 7.37. The number of ether oxygens (including phenoxy) is 1. The molecule has 2 amide bonds. The van der Waals surface area contributed by atoms with Crippen molar-refractivity contribution < 1.29 is 9.53 Å². The Morgan fingerprint density at radius 1 is 1.23 bits per heavy atom. The first-order chi connectivity index (χ1) is 12.8. The summed E-state index contributed by atoms with van der Waals surface area (Å²) >= 11 is 1.71. The predicted octanol–water partition coefficient (Wildman–Crippen LogP) is 4.50. The van der Waals surface area contributed by atoms with E-state index >= 15 is 0 Å². The number of benzene rings is 1. The first-order valence-electron chi connectivity index (χ1n) is 9.21. The number of urea groups is 1. The fourth-order valence-corrected chi connectivity index (χ4v) is 4.10. The van der Waals surface area contributed by atoms with Gasteiger partial charge in [-0.05, 0) is 60.5 Å². The zero-order valence-electron chi connectivity index (χ0n) is 15.2. The summed E-state index contributed by atoms with van der Waals surface area (Å²) in [6.45, 7) is 2.80. The van der Waals surface area contributed by atoms with E-state index in [-0.39, 0.29) is 12.1 Å². The van der Waals surface area contributed by atoms with Crippen LogP contribution in [0, 0.1) is 0 Å². The quantitative estimate of drug-likeness (QED) is 0.784. The first-order valence-corrected chi connectivity index (χ1v) is 10.2. The number of likely N-dealkylation sites (tertiary alicyclic amines) is 1. The van der Waals surface area contributed by atoms with Crippen molar-refractivity contribution in [1.82, 2.24) is 10.2 Å². The molecule has 1 fully saturated rings. The molecule has 1 aliphatic rings. The average Bonchev–Trinajstić information content (AvgIpc) is 3.05. The fraction of sp³-hybridized carbons (Fsp3) is 0.450. The maximum absolute atomic E-state index is 12.4. The third-order valence-corrected chi connectivity index (χ3v) is 5.49. The Morgan fingerprint density at radius 2 is 2.04 bits per heavy atom. The van der Waals surface area contributed by atoms with Crippen LogP contribution in [0.4, 0.5) is 10.5 Å². The van der Waals surface area contributed by atoms with Gasteiger partial charge in [0.25, 0.3) is 0 Å². The van der Waals surface area contributed by atoms with Crippen molar-refractivity contribution in [2.75, 3.05) is 32.1 Å². The van der Waals surface area contributed by atoms with Gasteiger partial charge in [0.2, 0.25) is 0 Å². The summed E-state index contributed by atoms with van der Waals surface area (Å²) in [5.74, 6) is 0.725. The molecule has 1 aliphatic heterocycles. The van der Waals surface area contributed by atoms with Crippen LogP contribution in [-0.2, 0) is 0 Å². The van der Waals surface area contributed by atoms with Gasteiger partial charge in [0.05, 0.1) is 13.2 Å². The third-order valence-electron chi connectivity index (χ3n) is 4.79. The number of methoxy groups -OCH3 is 1. The molecule has 5 nitrogen and oxygen atoms in total. The molecule has 2 heterocycles. The standard InChI is InChI=1S/C20H27N3O2S/c1-25-18-8-6-7-17(13-18)22-20(24)21-14-19(16-9-12-26-15-16)23-10-4-2-3-5-11-23/h6-9,12-13,15,19H,2-5,10-11,14H2,1H3,(H2,21,22,24)/t19-/m1/s1. The Kier molecular flexibility index (Phi) is 6.91. The largest absolute Gasteiger partial charge is 0.497 e. The van der Waals surface area contributed by atoms with Gasteiger partial charge in [0.15, 0.2) is 0 Å². The molecular formula is C20H27N3O2S. The summed E-state index contributed by atoms with van der Waals surface area (Å²) in [6, 6.07) is 9.60. The second-order valence-electron chi connectivity index (χ2n) is 6.59. The summed E-state index contributed by atoms with van der Waals surface area (Å²) in [5.41, 5.74) is 2.02. The van der Waals surface area contributed by atoms with E-state index in [4.69, 9.17) is 4.74 Å². The Morgan fingerprint density at radius 3 is 2.73 bits per heavy atom. The van der Waals surface area contributed by atoms with Crippen molar-refractivity contribution in [2.24, 2.45) is 0 Å². The van der Waals surface area contributed by atoms with Crippen molar-refractivity contribution >= 4 is 23.1 Å². The molecular weight excluding hydrogens is 346 g/mol. The molecule has 2 N–H and O–H groups in total. The molecule has 0 unspecified atom stereocenters. The summed E-state index contributed by atoms with van der Waals surface area (Å²) in [5, 5.41) is 10.2. The van der Waals surface area contributed by atoms with Crippen LogP contribution in [0.2, 0.25) is 0 Å². The minimum absolute atomic E-state index is 0.187. The molecule has 0 radical (unpaired) electrons. The third kappa shape index (κ3) is 5.22. The summed E-state index contributed by atoms with van der Waals surface area (Å²) in [7, 11) is 1.62. The number of hydrogen-bond acceptors (Lipinski definition) is 4. The van der Waals surface area contributed by atoms with Gasteiger partial charge >= 0.3 is 6.03 Å². The Balaban J connectivity index is 1.60. The SMILES string of the molecule is COc1cccc(NC(=O)NC[C@H](c2ccsc2)N2CCCCCC2)c1. The molecule has 0 bridgehead atoms. The highest BCUT2D eigenvalue weighted by Gasteiger charge is 2.22. The number of hydrogen-bond donors (Lipinski definition) is 2. The summed E-state index contributed by atoms with van der Waals surface area (Å²) < 4.78 is 5.20. The number of rotatable bonds is 6. The van der Waals surface area contributed by atoms with Gasteiger partial charge in [-0.1, -0.05) is 18.9 Å². The first kappa shape index (κ1) is 18.7. The van der Waals surface area contributed by atoms with Crippen molar-refractivity contribution in [3.05, 3.63) is 46.7 Å². The van der Waals surface area contributed by atoms with E-state index in [9.17, 15) is 4.79 Å². The smallest absolute Gasteiger partial charge is 0.319 e. The molecule has 1 aromatic heterocycles. The normalized spacial score (nSPS) is 16.5. The van der Waals surface area contributed by atoms with Gasteiger partial charge in [-0.15, -0.1) is 0 Å². The minimum Gasteiger partial charge on any atom is -0.497 e. The molecule has 140 valence electrons. The van der Waals surface area contributed by atoms with Gasteiger partial charge < -0.3 is 15.4 Å². The van der Waals surface area contributed by atoms with E-state index in [0.29, 0.717) is 6.54 Å². The van der Waals surface area contributed by atoms with E-state index in [0.717, 1.165) is 24.5 Å². The highest BCUT2D eigenvalue weighted by Crippen LogP contribution is 2.25. The van der Waals surface area contributed by atoms with Crippen molar-refractivity contribution in [3.63, 3.8) is 0 Å². The molecule has 6 heteroatoms. The minimum atomic E-state index is -0.187. The van der Waals surface area contributed by atoms with Crippen LogP contribution in [0.3, 0.4) is 0 Å². The van der Waals surface area contributed by atoms with Gasteiger partial charge in [-0.25, -0.2) is 4.79 Å². The van der Waals surface area contributed by atoms with E-state index in [2.05, 4.69) is 32.4 Å². The Bertz CT molecular complexity index is 682. The molecule has 0 spiro atoms. The predicted molar refractivity (Wildman–Crippen MR) is 107 cm³/mol. The molecule has 0 aliphatic carbocycles. The highest BCUT2D eigenvalue weighted by molar-refractivity contribution is 7.07. The van der Waals surface area contributed by atoms with Crippen LogP contribution < -0.4 is 15.4 Å². The zero-order valence-corrected chi connectivity index (χ0v) is 16.1. The van der Waals surface area contributed by atoms with Crippen molar-refractivity contribution in [1.29, 1.82) is 0 Å². The molecule has 3 rings (SSSR count). The lowest BCUT2D eigenvalue weighted by Crippen LogP contribution is -2.40. The maximum Gasteiger partial charge on any atom is 0.319 e. The Hall–Kier alpha value is -2.05. The molecule has 1 aromatic carbocycles. The second kappa shape index (κ2) is 9.59. The Labute approximate surface area is 159 Å². The summed E-state index contributed by atoms with van der Waals surface area (Å²) in [6.07, 6.45) is 5.07.